The van der Waals surface area contributed by atoms with Crippen molar-refractivity contribution in [1.29, 1.82) is 0 Å². The zero-order chi connectivity index (χ0) is 12.4. The van der Waals surface area contributed by atoms with Crippen LogP contribution in [0.3, 0.4) is 0 Å². The maximum atomic E-state index is 13.2. The molecule has 4 nitrogen and oxygen atoms in total. The number of carbonyl (C=O) groups is 1. The highest BCUT2D eigenvalue weighted by atomic mass is 19.1. The van der Waals surface area contributed by atoms with Gasteiger partial charge in [0, 0.05) is 0 Å². The Morgan fingerprint density at radius 1 is 1.47 bits per heavy atom. The lowest BCUT2D eigenvalue weighted by Gasteiger charge is -2.05. The van der Waals surface area contributed by atoms with E-state index in [-0.39, 0.29) is 5.76 Å². The molecule has 1 aromatic heterocycles. The second kappa shape index (κ2) is 4.37. The third-order valence-corrected chi connectivity index (χ3v) is 2.43. The molecule has 0 aliphatic heterocycles. The number of ether oxygens (including phenoxy) is 1. The van der Waals surface area contributed by atoms with Gasteiger partial charge in [-0.05, 0) is 25.1 Å². The second-order valence-corrected chi connectivity index (χ2v) is 3.47. The minimum absolute atomic E-state index is 0.217. The summed E-state index contributed by atoms with van der Waals surface area (Å²) in [5.41, 5.74) is 1.13. The monoisotopic (exact) mass is 235 g/mol. The summed E-state index contributed by atoms with van der Waals surface area (Å²) in [6.07, 6.45) is 0.630. The van der Waals surface area contributed by atoms with Crippen LogP contribution in [0.15, 0.2) is 22.7 Å². The van der Waals surface area contributed by atoms with Gasteiger partial charge in [-0.1, -0.05) is 5.16 Å². The van der Waals surface area contributed by atoms with E-state index in [0.29, 0.717) is 28.9 Å². The van der Waals surface area contributed by atoms with Crippen molar-refractivity contribution >= 4 is 6.29 Å². The zero-order valence-electron chi connectivity index (χ0n) is 9.36. The highest BCUT2D eigenvalue weighted by Gasteiger charge is 2.18. The van der Waals surface area contributed by atoms with Crippen LogP contribution in [0, 0.1) is 12.7 Å². The average molecular weight is 235 g/mol. The van der Waals surface area contributed by atoms with Gasteiger partial charge in [0.1, 0.15) is 11.6 Å². The van der Waals surface area contributed by atoms with Crippen molar-refractivity contribution in [2.75, 3.05) is 7.11 Å². The quantitative estimate of drug-likeness (QED) is 0.767. The maximum Gasteiger partial charge on any atom is 0.181 e. The third-order valence-electron chi connectivity index (χ3n) is 2.43. The van der Waals surface area contributed by atoms with E-state index in [2.05, 4.69) is 5.16 Å². The van der Waals surface area contributed by atoms with E-state index in [1.54, 1.807) is 6.92 Å². The first-order valence-corrected chi connectivity index (χ1v) is 4.92. The van der Waals surface area contributed by atoms with Crippen molar-refractivity contribution in [3.8, 4) is 17.1 Å². The summed E-state index contributed by atoms with van der Waals surface area (Å²) < 4.78 is 23.3. The molecule has 1 heterocycles. The van der Waals surface area contributed by atoms with Gasteiger partial charge in [-0.25, -0.2) is 4.39 Å². The lowest BCUT2D eigenvalue weighted by Crippen LogP contribution is -1.91. The molecule has 2 rings (SSSR count). The van der Waals surface area contributed by atoms with Crippen molar-refractivity contribution < 1.29 is 18.4 Å². The fraction of sp³-hybridized carbons (Fsp3) is 0.167. The van der Waals surface area contributed by atoms with E-state index in [9.17, 15) is 9.18 Å². The molecular weight excluding hydrogens is 225 g/mol. The fourth-order valence-corrected chi connectivity index (χ4v) is 1.57. The summed E-state index contributed by atoms with van der Waals surface area (Å²) in [5, 5.41) is 3.68. The fourth-order valence-electron chi connectivity index (χ4n) is 1.57. The standard InChI is InChI=1S/C12H10FNO3/c1-7-10(6-15)12(17-14-7)9-5-8(13)3-4-11(9)16-2/h3-6H,1-2H3. The van der Waals surface area contributed by atoms with Gasteiger partial charge in [0.25, 0.3) is 0 Å². The highest BCUT2D eigenvalue weighted by Crippen LogP contribution is 2.33. The van der Waals surface area contributed by atoms with Crippen LogP contribution in [-0.4, -0.2) is 18.6 Å². The van der Waals surface area contributed by atoms with Crippen molar-refractivity contribution in [2.24, 2.45) is 0 Å². The van der Waals surface area contributed by atoms with E-state index in [1.807, 2.05) is 0 Å². The third kappa shape index (κ3) is 1.91. The van der Waals surface area contributed by atoms with Crippen molar-refractivity contribution in [3.63, 3.8) is 0 Å². The summed E-state index contributed by atoms with van der Waals surface area (Å²) in [6.45, 7) is 1.64. The second-order valence-electron chi connectivity index (χ2n) is 3.47. The maximum absolute atomic E-state index is 13.2. The molecule has 0 aliphatic rings. The Morgan fingerprint density at radius 2 is 2.24 bits per heavy atom. The molecule has 0 radical (unpaired) electrons. The van der Waals surface area contributed by atoms with E-state index in [4.69, 9.17) is 9.26 Å². The zero-order valence-corrected chi connectivity index (χ0v) is 9.36. The van der Waals surface area contributed by atoms with Gasteiger partial charge in [0.05, 0.1) is 23.9 Å². The van der Waals surface area contributed by atoms with Gasteiger partial charge in [0.15, 0.2) is 12.0 Å². The molecule has 0 atom stereocenters. The summed E-state index contributed by atoms with van der Waals surface area (Å²) in [7, 11) is 1.46. The Balaban J connectivity index is 2.66. The van der Waals surface area contributed by atoms with Crippen LogP contribution in [-0.2, 0) is 0 Å². The number of halogens is 1. The number of aryl methyl sites for hydroxylation is 1. The van der Waals surface area contributed by atoms with Crippen molar-refractivity contribution in [1.82, 2.24) is 5.16 Å². The van der Waals surface area contributed by atoms with E-state index in [0.717, 1.165) is 0 Å². The van der Waals surface area contributed by atoms with Gasteiger partial charge in [0.2, 0.25) is 0 Å². The molecule has 17 heavy (non-hydrogen) atoms. The molecule has 0 fully saturated rings. The molecule has 0 aliphatic carbocycles. The van der Waals surface area contributed by atoms with Gasteiger partial charge in [-0.2, -0.15) is 0 Å². The minimum atomic E-state index is -0.438. The molecule has 0 unspecified atom stereocenters. The summed E-state index contributed by atoms with van der Waals surface area (Å²) in [6, 6.07) is 3.98. The molecule has 0 saturated carbocycles. The van der Waals surface area contributed by atoms with E-state index < -0.39 is 5.82 Å². The number of carbonyl (C=O) groups excluding carboxylic acids is 1. The van der Waals surface area contributed by atoms with Crippen LogP contribution < -0.4 is 4.74 Å². The van der Waals surface area contributed by atoms with Crippen LogP contribution in [0.25, 0.3) is 11.3 Å². The Morgan fingerprint density at radius 3 is 2.88 bits per heavy atom. The number of nitrogens with zero attached hydrogens (tertiary/aromatic N) is 1. The number of aldehydes is 1. The topological polar surface area (TPSA) is 52.3 Å². The van der Waals surface area contributed by atoms with E-state index >= 15 is 0 Å². The first kappa shape index (κ1) is 11.3. The van der Waals surface area contributed by atoms with Gasteiger partial charge < -0.3 is 9.26 Å². The van der Waals surface area contributed by atoms with Crippen LogP contribution in [0.2, 0.25) is 0 Å². The number of hydrogen-bond acceptors (Lipinski definition) is 4. The molecule has 0 N–H and O–H groups in total. The Hall–Kier alpha value is -2.17. The first-order valence-electron chi connectivity index (χ1n) is 4.92. The molecule has 1 aromatic carbocycles. The SMILES string of the molecule is COc1ccc(F)cc1-c1onc(C)c1C=O. The predicted molar refractivity (Wildman–Crippen MR) is 58.6 cm³/mol. The predicted octanol–water partition coefficient (Wildman–Crippen LogP) is 2.61. The Bertz CT molecular complexity index is 563. The van der Waals surface area contributed by atoms with Gasteiger partial charge in [-0.15, -0.1) is 0 Å². The Labute approximate surface area is 97.0 Å². The lowest BCUT2D eigenvalue weighted by molar-refractivity contribution is 0.112. The highest BCUT2D eigenvalue weighted by molar-refractivity contribution is 5.87. The molecule has 5 heteroatoms. The molecule has 0 spiro atoms. The van der Waals surface area contributed by atoms with Crippen LogP contribution in [0.5, 0.6) is 5.75 Å². The van der Waals surface area contributed by atoms with E-state index in [1.165, 1.54) is 25.3 Å². The van der Waals surface area contributed by atoms with Gasteiger partial charge >= 0.3 is 0 Å². The average Bonchev–Trinajstić information content (AvgIpc) is 2.70. The molecule has 2 aromatic rings. The van der Waals surface area contributed by atoms with Crippen molar-refractivity contribution in [2.45, 2.75) is 6.92 Å². The normalized spacial score (nSPS) is 10.3. The van der Waals surface area contributed by atoms with Gasteiger partial charge in [-0.3, -0.25) is 4.79 Å². The van der Waals surface area contributed by atoms with Crippen LogP contribution >= 0.6 is 0 Å². The summed E-state index contributed by atoms with van der Waals surface area (Å²) in [5.74, 6) is 0.200. The summed E-state index contributed by atoms with van der Waals surface area (Å²) in [4.78, 5) is 10.9. The van der Waals surface area contributed by atoms with Crippen molar-refractivity contribution in [3.05, 3.63) is 35.3 Å². The number of methoxy groups -OCH3 is 1. The molecule has 88 valence electrons. The van der Waals surface area contributed by atoms with Crippen LogP contribution in [0.1, 0.15) is 16.1 Å². The Kier molecular flexibility index (Phi) is 2.91. The smallest absolute Gasteiger partial charge is 0.181 e. The number of rotatable bonds is 3. The molecule has 0 saturated heterocycles. The molecule has 0 amide bonds. The number of benzene rings is 1. The minimum Gasteiger partial charge on any atom is -0.496 e. The first-order chi connectivity index (χ1) is 8.17. The number of aromatic nitrogens is 1. The summed E-state index contributed by atoms with van der Waals surface area (Å²) >= 11 is 0. The lowest BCUT2D eigenvalue weighted by atomic mass is 10.1. The largest absolute Gasteiger partial charge is 0.496 e. The molecular formula is C12H10FNO3. The van der Waals surface area contributed by atoms with Crippen LogP contribution in [0.4, 0.5) is 4.39 Å². The number of hydrogen-bond donors (Lipinski definition) is 0. The molecule has 0 bridgehead atoms.